The van der Waals surface area contributed by atoms with Gasteiger partial charge in [0.25, 0.3) is 5.91 Å². The molecule has 0 aliphatic rings. The van der Waals surface area contributed by atoms with Crippen LogP contribution in [0.5, 0.6) is 0 Å². The summed E-state index contributed by atoms with van der Waals surface area (Å²) in [5.41, 5.74) is 5.65. The van der Waals surface area contributed by atoms with Crippen molar-refractivity contribution in [3.8, 4) is 22.5 Å². The fraction of sp³-hybridized carbons (Fsp3) is 0.148. The van der Waals surface area contributed by atoms with Gasteiger partial charge in [-0.1, -0.05) is 23.7 Å². The fourth-order valence-corrected chi connectivity index (χ4v) is 4.10. The number of amides is 1. The molecular weight excluding hydrogens is 476 g/mol. The minimum atomic E-state index is -0.339. The van der Waals surface area contributed by atoms with E-state index in [1.54, 1.807) is 36.5 Å². The Kier molecular flexibility index (Phi) is 6.45. The molecule has 0 fully saturated rings. The second-order valence-corrected chi connectivity index (χ2v) is 9.07. The Morgan fingerprint density at radius 2 is 1.81 bits per heavy atom. The molecule has 0 aliphatic carbocycles. The first-order valence-electron chi connectivity index (χ1n) is 11.4. The quantitative estimate of drug-likeness (QED) is 0.257. The maximum atomic E-state index is 12.7. The lowest BCUT2D eigenvalue weighted by Crippen LogP contribution is -2.12. The number of imidazole rings is 1. The van der Waals surface area contributed by atoms with Crippen molar-refractivity contribution in [1.29, 1.82) is 0 Å². The van der Waals surface area contributed by atoms with Gasteiger partial charge in [-0.15, -0.1) is 0 Å². The van der Waals surface area contributed by atoms with Crippen molar-refractivity contribution >= 4 is 40.0 Å². The van der Waals surface area contributed by atoms with E-state index in [-0.39, 0.29) is 11.7 Å². The Labute approximate surface area is 213 Å². The molecule has 0 unspecified atom stereocenters. The number of rotatable bonds is 7. The molecule has 0 atom stereocenters. The molecule has 5 rings (SSSR count). The van der Waals surface area contributed by atoms with Gasteiger partial charge in [-0.3, -0.25) is 4.79 Å². The number of hydrogen-bond donors (Lipinski definition) is 3. The molecule has 2 aromatic carbocycles. The Morgan fingerprint density at radius 1 is 1.03 bits per heavy atom. The standard InChI is InChI=1S/C27H25ClN6O2/c1-29-18-6-4-16(5-7-18)17-12-23-26(30-14-17)33-25(32-23)21-13-19(8-10-22(21)28)31-27(35)24-11-9-20(36-24)15-34(2)3/h4-14,29H,15H2,1-3H3,(H,31,35)(H,30,32,33). The number of fused-ring (bicyclic) bond motifs is 1. The van der Waals surface area contributed by atoms with Crippen LogP contribution in [0.4, 0.5) is 11.4 Å². The summed E-state index contributed by atoms with van der Waals surface area (Å²) < 4.78 is 5.66. The molecule has 1 amide bonds. The van der Waals surface area contributed by atoms with Crippen LogP contribution in [0.15, 0.2) is 71.3 Å². The number of aromatic amines is 1. The van der Waals surface area contributed by atoms with E-state index in [9.17, 15) is 4.79 Å². The third-order valence-corrected chi connectivity index (χ3v) is 6.01. The molecule has 0 saturated carbocycles. The van der Waals surface area contributed by atoms with Crippen molar-refractivity contribution in [3.63, 3.8) is 0 Å². The maximum absolute atomic E-state index is 12.7. The summed E-state index contributed by atoms with van der Waals surface area (Å²) in [6.45, 7) is 0.613. The van der Waals surface area contributed by atoms with Gasteiger partial charge in [0.15, 0.2) is 11.4 Å². The molecular formula is C27H25ClN6O2. The van der Waals surface area contributed by atoms with Crippen molar-refractivity contribution < 1.29 is 9.21 Å². The molecule has 3 N–H and O–H groups in total. The Hall–Kier alpha value is -4.14. The second kappa shape index (κ2) is 9.85. The number of carbonyl (C=O) groups is 1. The van der Waals surface area contributed by atoms with E-state index in [0.717, 1.165) is 22.3 Å². The first-order chi connectivity index (χ1) is 17.4. The van der Waals surface area contributed by atoms with E-state index < -0.39 is 0 Å². The fourth-order valence-electron chi connectivity index (χ4n) is 3.89. The number of pyridine rings is 1. The second-order valence-electron chi connectivity index (χ2n) is 8.66. The summed E-state index contributed by atoms with van der Waals surface area (Å²) in [5, 5.41) is 6.49. The van der Waals surface area contributed by atoms with Gasteiger partial charge in [0, 0.05) is 35.7 Å². The van der Waals surface area contributed by atoms with Gasteiger partial charge in [-0.25, -0.2) is 9.97 Å². The van der Waals surface area contributed by atoms with Crippen LogP contribution in [0.25, 0.3) is 33.7 Å². The summed E-state index contributed by atoms with van der Waals surface area (Å²) >= 11 is 6.50. The molecule has 9 heteroatoms. The predicted octanol–water partition coefficient (Wildman–Crippen LogP) is 5.89. The van der Waals surface area contributed by atoms with E-state index in [1.165, 1.54) is 0 Å². The van der Waals surface area contributed by atoms with Crippen LogP contribution in [0.1, 0.15) is 16.3 Å². The first kappa shape index (κ1) is 23.6. The zero-order chi connectivity index (χ0) is 25.2. The number of hydrogen-bond acceptors (Lipinski definition) is 6. The Bertz CT molecular complexity index is 1540. The van der Waals surface area contributed by atoms with Crippen LogP contribution in [-0.4, -0.2) is 46.9 Å². The third kappa shape index (κ3) is 4.95. The van der Waals surface area contributed by atoms with Gasteiger partial charge in [-0.05, 0) is 68.2 Å². The molecule has 182 valence electrons. The molecule has 36 heavy (non-hydrogen) atoms. The number of nitrogens with zero attached hydrogens (tertiary/aromatic N) is 3. The topological polar surface area (TPSA) is 99.1 Å². The average Bonchev–Trinajstić information content (AvgIpc) is 3.51. The summed E-state index contributed by atoms with van der Waals surface area (Å²) in [5.74, 6) is 1.18. The third-order valence-electron chi connectivity index (χ3n) is 5.68. The minimum absolute atomic E-state index is 0.242. The normalized spacial score (nSPS) is 11.2. The molecule has 0 saturated heterocycles. The van der Waals surface area contributed by atoms with Crippen LogP contribution in [-0.2, 0) is 6.54 Å². The van der Waals surface area contributed by atoms with Gasteiger partial charge < -0.3 is 24.9 Å². The largest absolute Gasteiger partial charge is 0.455 e. The zero-order valence-electron chi connectivity index (χ0n) is 20.1. The summed E-state index contributed by atoms with van der Waals surface area (Å²) in [6, 6.07) is 18.8. The van der Waals surface area contributed by atoms with Gasteiger partial charge in [0.1, 0.15) is 11.6 Å². The van der Waals surface area contributed by atoms with Crippen molar-refractivity contribution in [2.45, 2.75) is 6.54 Å². The monoisotopic (exact) mass is 500 g/mol. The number of nitrogens with one attached hydrogen (secondary N) is 3. The van der Waals surface area contributed by atoms with E-state index in [1.807, 2.05) is 56.4 Å². The number of aromatic nitrogens is 3. The highest BCUT2D eigenvalue weighted by Gasteiger charge is 2.15. The highest BCUT2D eigenvalue weighted by molar-refractivity contribution is 6.33. The Morgan fingerprint density at radius 3 is 2.56 bits per heavy atom. The van der Waals surface area contributed by atoms with Gasteiger partial charge >= 0.3 is 0 Å². The lowest BCUT2D eigenvalue weighted by atomic mass is 10.1. The van der Waals surface area contributed by atoms with Crippen LogP contribution in [0, 0.1) is 0 Å². The van der Waals surface area contributed by atoms with Crippen LogP contribution in [0.2, 0.25) is 5.02 Å². The lowest BCUT2D eigenvalue weighted by Gasteiger charge is -2.08. The lowest BCUT2D eigenvalue weighted by molar-refractivity contribution is 0.0993. The number of carbonyl (C=O) groups excluding carboxylic acids is 1. The first-order valence-corrected chi connectivity index (χ1v) is 11.8. The SMILES string of the molecule is CNc1ccc(-c2cnc3nc(-c4cc(NC(=O)c5ccc(CN(C)C)o5)ccc4Cl)[nH]c3c2)cc1. The maximum Gasteiger partial charge on any atom is 0.291 e. The average molecular weight is 501 g/mol. The minimum Gasteiger partial charge on any atom is -0.455 e. The summed E-state index contributed by atoms with van der Waals surface area (Å²) in [4.78, 5) is 27.1. The molecule has 0 radical (unpaired) electrons. The van der Waals surface area contributed by atoms with Crippen LogP contribution < -0.4 is 10.6 Å². The van der Waals surface area contributed by atoms with Crippen LogP contribution >= 0.6 is 11.6 Å². The molecule has 0 bridgehead atoms. The number of H-pyrrole nitrogens is 1. The number of halogens is 1. The molecule has 5 aromatic rings. The highest BCUT2D eigenvalue weighted by atomic mass is 35.5. The molecule has 0 aliphatic heterocycles. The van der Waals surface area contributed by atoms with Crippen LogP contribution in [0.3, 0.4) is 0 Å². The number of anilines is 2. The molecule has 0 spiro atoms. The smallest absolute Gasteiger partial charge is 0.291 e. The Balaban J connectivity index is 1.40. The van der Waals surface area contributed by atoms with E-state index in [4.69, 9.17) is 16.0 Å². The van der Waals surface area contributed by atoms with E-state index in [0.29, 0.717) is 40.1 Å². The molecule has 8 nitrogen and oxygen atoms in total. The van der Waals surface area contributed by atoms with Crippen molar-refractivity contribution in [1.82, 2.24) is 19.9 Å². The van der Waals surface area contributed by atoms with E-state index >= 15 is 0 Å². The molecule has 3 aromatic heterocycles. The zero-order valence-corrected chi connectivity index (χ0v) is 20.8. The molecule has 3 heterocycles. The van der Waals surface area contributed by atoms with Crippen molar-refractivity contribution in [3.05, 3.63) is 83.4 Å². The van der Waals surface area contributed by atoms with Crippen molar-refractivity contribution in [2.24, 2.45) is 0 Å². The predicted molar refractivity (Wildman–Crippen MR) is 143 cm³/mol. The highest BCUT2D eigenvalue weighted by Crippen LogP contribution is 2.31. The van der Waals surface area contributed by atoms with E-state index in [2.05, 4.69) is 25.6 Å². The van der Waals surface area contributed by atoms with Crippen molar-refractivity contribution in [2.75, 3.05) is 31.8 Å². The van der Waals surface area contributed by atoms with Gasteiger partial charge in [0.05, 0.1) is 17.1 Å². The van der Waals surface area contributed by atoms with Gasteiger partial charge in [-0.2, -0.15) is 0 Å². The summed E-state index contributed by atoms with van der Waals surface area (Å²) in [6.07, 6.45) is 1.80. The number of benzene rings is 2. The summed E-state index contributed by atoms with van der Waals surface area (Å²) in [7, 11) is 5.76. The number of furan rings is 1. The van der Waals surface area contributed by atoms with Gasteiger partial charge in [0.2, 0.25) is 0 Å².